The summed E-state index contributed by atoms with van der Waals surface area (Å²) >= 11 is 1.56. The van der Waals surface area contributed by atoms with E-state index < -0.39 is 17.7 Å². The summed E-state index contributed by atoms with van der Waals surface area (Å²) < 4.78 is 15.9. The quantitative estimate of drug-likeness (QED) is 0.564. The van der Waals surface area contributed by atoms with E-state index in [1.54, 1.807) is 17.8 Å². The van der Waals surface area contributed by atoms with Crippen molar-refractivity contribution < 1.29 is 23.8 Å². The van der Waals surface area contributed by atoms with E-state index in [1.165, 1.54) is 7.11 Å². The number of nitrogens with one attached hydrogen (secondary N) is 1. The minimum Gasteiger partial charge on any atom is -0.492 e. The van der Waals surface area contributed by atoms with E-state index in [9.17, 15) is 9.59 Å². The smallest absolute Gasteiger partial charge is 0.407 e. The molecular weight excluding hydrogens is 354 g/mol. The molecule has 0 unspecified atom stereocenters. The van der Waals surface area contributed by atoms with Crippen LogP contribution in [0.2, 0.25) is 0 Å². The van der Waals surface area contributed by atoms with Crippen molar-refractivity contribution in [2.24, 2.45) is 5.41 Å². The van der Waals surface area contributed by atoms with E-state index in [0.717, 1.165) is 4.90 Å². The summed E-state index contributed by atoms with van der Waals surface area (Å²) in [5.41, 5.74) is -0.529. The van der Waals surface area contributed by atoms with E-state index in [-0.39, 0.29) is 5.41 Å². The molecule has 0 aliphatic heterocycles. The lowest BCUT2D eigenvalue weighted by molar-refractivity contribution is 0.0492. The molecule has 0 aliphatic rings. The fraction of sp³-hybridized carbons (Fsp3) is 0.579. The highest BCUT2D eigenvalue weighted by atomic mass is 32.2. The normalized spacial score (nSPS) is 11.7. The number of esters is 1. The Bertz CT molecular complexity index is 637. The minimum absolute atomic E-state index is 0.310. The predicted octanol–water partition coefficient (Wildman–Crippen LogP) is 4.12. The molecule has 0 spiro atoms. The average Bonchev–Trinajstić information content (AvgIpc) is 2.56. The molecule has 7 heteroatoms. The summed E-state index contributed by atoms with van der Waals surface area (Å²) in [6.07, 6.45) is 1.48. The standard InChI is InChI=1S/C19H29NO5S/c1-18(2,3)25-17(22)20-11-19(4,5)12-24-15-10-13(26-7)8-9-14(15)16(21)23-6/h8-10H,11-12H2,1-7H3,(H,20,22). The largest absolute Gasteiger partial charge is 0.492 e. The van der Waals surface area contributed by atoms with Gasteiger partial charge in [-0.2, -0.15) is 0 Å². The number of carbonyl (C=O) groups excluding carboxylic acids is 2. The summed E-state index contributed by atoms with van der Waals surface area (Å²) in [6, 6.07) is 5.35. The number of carbonyl (C=O) groups is 2. The van der Waals surface area contributed by atoms with Crippen LogP contribution in [-0.2, 0) is 9.47 Å². The first kappa shape index (κ1) is 22.2. The Labute approximate surface area is 160 Å². The molecule has 0 atom stereocenters. The van der Waals surface area contributed by atoms with Crippen LogP contribution in [-0.4, -0.2) is 44.2 Å². The molecule has 0 saturated heterocycles. The molecule has 0 bridgehead atoms. The van der Waals surface area contributed by atoms with Crippen molar-refractivity contribution in [1.29, 1.82) is 0 Å². The molecule has 1 N–H and O–H groups in total. The molecule has 26 heavy (non-hydrogen) atoms. The zero-order valence-electron chi connectivity index (χ0n) is 16.6. The molecule has 0 aromatic heterocycles. The molecule has 0 fully saturated rings. The second kappa shape index (κ2) is 9.16. The lowest BCUT2D eigenvalue weighted by Crippen LogP contribution is -2.40. The van der Waals surface area contributed by atoms with Crippen molar-refractivity contribution in [3.8, 4) is 5.75 Å². The molecular formula is C19H29NO5S. The maximum absolute atomic E-state index is 11.9. The summed E-state index contributed by atoms with van der Waals surface area (Å²) in [6.45, 7) is 10.0. The van der Waals surface area contributed by atoms with Crippen LogP contribution in [0, 0.1) is 5.41 Å². The Kier molecular flexibility index (Phi) is 7.81. The van der Waals surface area contributed by atoms with Crippen LogP contribution >= 0.6 is 11.8 Å². The lowest BCUT2D eigenvalue weighted by atomic mass is 9.95. The zero-order chi connectivity index (χ0) is 20.0. The number of thioether (sulfide) groups is 1. The van der Waals surface area contributed by atoms with Gasteiger partial charge in [0.15, 0.2) is 0 Å². The summed E-state index contributed by atoms with van der Waals surface area (Å²) in [5.74, 6) is 0.0198. The SMILES string of the molecule is COC(=O)c1ccc(SC)cc1OCC(C)(C)CNC(=O)OC(C)(C)C. The average molecular weight is 384 g/mol. The lowest BCUT2D eigenvalue weighted by Gasteiger charge is -2.27. The van der Waals surface area contributed by atoms with E-state index in [0.29, 0.717) is 24.5 Å². The predicted molar refractivity (Wildman–Crippen MR) is 103 cm³/mol. The Balaban J connectivity index is 2.74. The van der Waals surface area contributed by atoms with E-state index in [2.05, 4.69) is 5.32 Å². The minimum atomic E-state index is -0.543. The first-order chi connectivity index (χ1) is 12.0. The molecule has 1 amide bonds. The highest BCUT2D eigenvalue weighted by molar-refractivity contribution is 7.98. The Morgan fingerprint density at radius 3 is 2.35 bits per heavy atom. The molecule has 1 aromatic carbocycles. The molecule has 0 heterocycles. The van der Waals surface area contributed by atoms with Gasteiger partial charge in [0.2, 0.25) is 0 Å². The van der Waals surface area contributed by atoms with E-state index >= 15 is 0 Å². The molecule has 0 radical (unpaired) electrons. The fourth-order valence-corrected chi connectivity index (χ4v) is 2.41. The van der Waals surface area contributed by atoms with Gasteiger partial charge in [0.05, 0.1) is 13.7 Å². The number of methoxy groups -OCH3 is 1. The maximum atomic E-state index is 11.9. The van der Waals surface area contributed by atoms with Crippen LogP contribution < -0.4 is 10.1 Å². The van der Waals surface area contributed by atoms with Crippen molar-refractivity contribution in [2.45, 2.75) is 45.1 Å². The molecule has 1 aromatic rings. The van der Waals surface area contributed by atoms with Crippen molar-refractivity contribution in [2.75, 3.05) is 26.5 Å². The van der Waals surface area contributed by atoms with E-state index in [4.69, 9.17) is 14.2 Å². The highest BCUT2D eigenvalue weighted by Gasteiger charge is 2.24. The number of hydrogen-bond acceptors (Lipinski definition) is 6. The molecule has 146 valence electrons. The summed E-state index contributed by atoms with van der Waals surface area (Å²) in [5, 5.41) is 2.75. The van der Waals surface area contributed by atoms with Crippen LogP contribution in [0.3, 0.4) is 0 Å². The second-order valence-corrected chi connectivity index (χ2v) is 8.54. The summed E-state index contributed by atoms with van der Waals surface area (Å²) in [4.78, 5) is 24.7. The number of benzene rings is 1. The van der Waals surface area contributed by atoms with Crippen molar-refractivity contribution >= 4 is 23.8 Å². The van der Waals surface area contributed by atoms with Gasteiger partial charge in [-0.25, -0.2) is 9.59 Å². The topological polar surface area (TPSA) is 73.9 Å². The Morgan fingerprint density at radius 1 is 1.15 bits per heavy atom. The fourth-order valence-electron chi connectivity index (χ4n) is 1.98. The third-order valence-corrected chi connectivity index (χ3v) is 4.05. The van der Waals surface area contributed by atoms with E-state index in [1.807, 2.05) is 53.0 Å². The number of rotatable bonds is 7. The van der Waals surface area contributed by atoms with Crippen LogP contribution in [0.1, 0.15) is 45.0 Å². The molecule has 0 aliphatic carbocycles. The Morgan fingerprint density at radius 2 is 1.81 bits per heavy atom. The van der Waals surface area contributed by atoms with Crippen LogP contribution in [0.4, 0.5) is 4.79 Å². The van der Waals surface area contributed by atoms with Crippen molar-refractivity contribution in [1.82, 2.24) is 5.32 Å². The Hall–Kier alpha value is -1.89. The number of hydrogen-bond donors (Lipinski definition) is 1. The van der Waals surface area contributed by atoms with Gasteiger partial charge in [-0.1, -0.05) is 13.8 Å². The van der Waals surface area contributed by atoms with Crippen LogP contribution in [0.25, 0.3) is 0 Å². The van der Waals surface area contributed by atoms with Gasteiger partial charge in [0.25, 0.3) is 0 Å². The van der Waals surface area contributed by atoms with Gasteiger partial charge < -0.3 is 19.5 Å². The third kappa shape index (κ3) is 7.56. The zero-order valence-corrected chi connectivity index (χ0v) is 17.4. The van der Waals surface area contributed by atoms with Crippen LogP contribution in [0.15, 0.2) is 23.1 Å². The second-order valence-electron chi connectivity index (χ2n) is 7.66. The summed E-state index contributed by atoms with van der Waals surface area (Å²) in [7, 11) is 1.34. The number of amides is 1. The first-order valence-corrected chi connectivity index (χ1v) is 9.56. The molecule has 0 saturated carbocycles. The van der Waals surface area contributed by atoms with Gasteiger partial charge >= 0.3 is 12.1 Å². The maximum Gasteiger partial charge on any atom is 0.407 e. The monoisotopic (exact) mass is 383 g/mol. The van der Waals surface area contributed by atoms with Gasteiger partial charge in [-0.05, 0) is 45.2 Å². The first-order valence-electron chi connectivity index (χ1n) is 8.33. The van der Waals surface area contributed by atoms with Gasteiger partial charge in [-0.3, -0.25) is 0 Å². The number of ether oxygens (including phenoxy) is 3. The van der Waals surface area contributed by atoms with Crippen molar-refractivity contribution in [3.63, 3.8) is 0 Å². The molecule has 6 nitrogen and oxygen atoms in total. The molecule has 1 rings (SSSR count). The van der Waals surface area contributed by atoms with Crippen molar-refractivity contribution in [3.05, 3.63) is 23.8 Å². The van der Waals surface area contributed by atoms with Gasteiger partial charge in [-0.15, -0.1) is 11.8 Å². The third-order valence-electron chi connectivity index (χ3n) is 3.32. The van der Waals surface area contributed by atoms with Gasteiger partial charge in [0, 0.05) is 16.9 Å². The van der Waals surface area contributed by atoms with Crippen LogP contribution in [0.5, 0.6) is 5.75 Å². The van der Waals surface area contributed by atoms with Gasteiger partial charge in [0.1, 0.15) is 16.9 Å². The highest BCUT2D eigenvalue weighted by Crippen LogP contribution is 2.28. The number of alkyl carbamates (subject to hydrolysis) is 1.